The lowest BCUT2D eigenvalue weighted by molar-refractivity contribution is 0.815. The first-order valence-electron chi connectivity index (χ1n) is 7.05. The number of benzene rings is 1. The van der Waals surface area contributed by atoms with E-state index < -0.39 is 0 Å². The van der Waals surface area contributed by atoms with Crippen LogP contribution in [0.2, 0.25) is 5.02 Å². The van der Waals surface area contributed by atoms with Crippen LogP contribution in [0.3, 0.4) is 0 Å². The lowest BCUT2D eigenvalue weighted by atomic mass is 10.2. The molecular formula is C16H21ClN4. The molecule has 2 aromatic rings. The van der Waals surface area contributed by atoms with Crippen molar-refractivity contribution in [1.29, 1.82) is 0 Å². The Labute approximate surface area is 130 Å². The Morgan fingerprint density at radius 3 is 2.71 bits per heavy atom. The molecule has 0 radical (unpaired) electrons. The molecule has 0 saturated heterocycles. The molecule has 2 rings (SSSR count). The maximum Gasteiger partial charge on any atom is 0.191 e. The first-order valence-corrected chi connectivity index (χ1v) is 7.43. The van der Waals surface area contributed by atoms with Gasteiger partial charge in [-0.1, -0.05) is 29.8 Å². The fourth-order valence-electron chi connectivity index (χ4n) is 1.99. The van der Waals surface area contributed by atoms with Crippen LogP contribution < -0.4 is 10.6 Å². The predicted octanol–water partition coefficient (Wildman–Crippen LogP) is 2.93. The lowest BCUT2D eigenvalue weighted by Crippen LogP contribution is -2.36. The summed E-state index contributed by atoms with van der Waals surface area (Å²) in [4.78, 5) is 4.58. The van der Waals surface area contributed by atoms with E-state index in [0.717, 1.165) is 23.1 Å². The molecule has 0 fully saturated rings. The summed E-state index contributed by atoms with van der Waals surface area (Å²) in [7, 11) is 2.01. The van der Waals surface area contributed by atoms with Crippen LogP contribution in [0.1, 0.15) is 18.1 Å². The Balaban J connectivity index is 1.96. The Kier molecular flexibility index (Phi) is 5.69. The third kappa shape index (κ3) is 4.83. The number of nitrogens with one attached hydrogen (secondary N) is 2. The number of aromatic nitrogens is 1. The van der Waals surface area contributed by atoms with Crippen LogP contribution in [0, 0.1) is 0 Å². The molecule has 0 aliphatic heterocycles. The van der Waals surface area contributed by atoms with Crippen LogP contribution in [0.15, 0.2) is 47.7 Å². The average Bonchev–Trinajstić information content (AvgIpc) is 2.89. The van der Waals surface area contributed by atoms with E-state index in [1.165, 1.54) is 5.56 Å². The summed E-state index contributed by atoms with van der Waals surface area (Å²) in [5.41, 5.74) is 2.25. The first-order chi connectivity index (χ1) is 10.2. The highest BCUT2D eigenvalue weighted by Crippen LogP contribution is 2.14. The van der Waals surface area contributed by atoms with Gasteiger partial charge in [0.25, 0.3) is 0 Å². The number of aliphatic imine (C=N–C) groups is 1. The molecule has 21 heavy (non-hydrogen) atoms. The number of hydrogen-bond donors (Lipinski definition) is 2. The molecule has 0 saturated carbocycles. The van der Waals surface area contributed by atoms with Crippen molar-refractivity contribution in [3.05, 3.63) is 58.9 Å². The van der Waals surface area contributed by atoms with Gasteiger partial charge in [0.2, 0.25) is 0 Å². The Morgan fingerprint density at radius 1 is 1.24 bits per heavy atom. The van der Waals surface area contributed by atoms with Crippen LogP contribution in [0.5, 0.6) is 0 Å². The van der Waals surface area contributed by atoms with Crippen molar-refractivity contribution in [3.8, 4) is 0 Å². The SMILES string of the molecule is CCNC(=NCc1ccn(C)c1)NCc1ccccc1Cl. The van der Waals surface area contributed by atoms with Crippen molar-refractivity contribution in [2.45, 2.75) is 20.0 Å². The fraction of sp³-hybridized carbons (Fsp3) is 0.312. The van der Waals surface area contributed by atoms with Crippen LogP contribution in [-0.4, -0.2) is 17.1 Å². The van der Waals surface area contributed by atoms with E-state index in [0.29, 0.717) is 13.1 Å². The number of halogens is 1. The molecule has 0 unspecified atom stereocenters. The molecule has 5 heteroatoms. The van der Waals surface area contributed by atoms with E-state index in [2.05, 4.69) is 34.8 Å². The third-order valence-corrected chi connectivity index (χ3v) is 3.43. The topological polar surface area (TPSA) is 41.4 Å². The number of aryl methyl sites for hydroxylation is 1. The van der Waals surface area contributed by atoms with E-state index in [1.807, 2.05) is 42.1 Å². The molecule has 1 heterocycles. The van der Waals surface area contributed by atoms with Crippen molar-refractivity contribution < 1.29 is 0 Å². The largest absolute Gasteiger partial charge is 0.357 e. The predicted molar refractivity (Wildman–Crippen MR) is 88.5 cm³/mol. The standard InChI is InChI=1S/C16H21ClN4/c1-3-18-16(19-10-13-8-9-21(2)12-13)20-11-14-6-4-5-7-15(14)17/h4-9,12H,3,10-11H2,1-2H3,(H2,18,19,20). The maximum absolute atomic E-state index is 6.16. The van der Waals surface area contributed by atoms with Gasteiger partial charge in [-0.05, 0) is 30.2 Å². The van der Waals surface area contributed by atoms with Gasteiger partial charge in [-0.25, -0.2) is 4.99 Å². The second-order valence-corrected chi connectivity index (χ2v) is 5.23. The molecule has 0 spiro atoms. The zero-order valence-electron chi connectivity index (χ0n) is 12.4. The number of rotatable bonds is 5. The molecule has 0 atom stereocenters. The van der Waals surface area contributed by atoms with Gasteiger partial charge in [-0.3, -0.25) is 0 Å². The summed E-state index contributed by atoms with van der Waals surface area (Å²) in [5, 5.41) is 7.31. The van der Waals surface area contributed by atoms with Crippen molar-refractivity contribution in [2.75, 3.05) is 6.54 Å². The van der Waals surface area contributed by atoms with Gasteiger partial charge in [0.15, 0.2) is 5.96 Å². The highest BCUT2D eigenvalue weighted by atomic mass is 35.5. The van der Waals surface area contributed by atoms with E-state index in [-0.39, 0.29) is 0 Å². The molecular weight excluding hydrogens is 284 g/mol. The van der Waals surface area contributed by atoms with Crippen molar-refractivity contribution in [1.82, 2.24) is 15.2 Å². The van der Waals surface area contributed by atoms with Crippen molar-refractivity contribution >= 4 is 17.6 Å². The molecule has 0 aliphatic rings. The summed E-state index contributed by atoms with van der Waals surface area (Å²) in [5.74, 6) is 0.793. The average molecular weight is 305 g/mol. The minimum absolute atomic E-state index is 0.651. The summed E-state index contributed by atoms with van der Waals surface area (Å²) < 4.78 is 2.02. The zero-order valence-corrected chi connectivity index (χ0v) is 13.2. The van der Waals surface area contributed by atoms with E-state index in [4.69, 9.17) is 11.6 Å². The smallest absolute Gasteiger partial charge is 0.191 e. The molecule has 4 nitrogen and oxygen atoms in total. The second kappa shape index (κ2) is 7.74. The zero-order chi connectivity index (χ0) is 15.1. The second-order valence-electron chi connectivity index (χ2n) is 4.83. The molecule has 1 aromatic carbocycles. The fourth-order valence-corrected chi connectivity index (χ4v) is 2.19. The lowest BCUT2D eigenvalue weighted by Gasteiger charge is -2.12. The van der Waals surface area contributed by atoms with Gasteiger partial charge in [-0.15, -0.1) is 0 Å². The molecule has 2 N–H and O–H groups in total. The summed E-state index contributed by atoms with van der Waals surface area (Å²) >= 11 is 6.16. The third-order valence-electron chi connectivity index (χ3n) is 3.06. The number of nitrogens with zero attached hydrogens (tertiary/aromatic N) is 2. The van der Waals surface area contributed by atoms with Gasteiger partial charge in [0.1, 0.15) is 0 Å². The monoisotopic (exact) mass is 304 g/mol. The molecule has 0 bridgehead atoms. The van der Waals surface area contributed by atoms with Crippen molar-refractivity contribution in [3.63, 3.8) is 0 Å². The van der Waals surface area contributed by atoms with E-state index in [1.54, 1.807) is 0 Å². The minimum atomic E-state index is 0.651. The molecule has 112 valence electrons. The van der Waals surface area contributed by atoms with Crippen LogP contribution in [0.25, 0.3) is 0 Å². The van der Waals surface area contributed by atoms with Crippen LogP contribution in [0.4, 0.5) is 0 Å². The van der Waals surface area contributed by atoms with Gasteiger partial charge in [0, 0.05) is 37.6 Å². The maximum atomic E-state index is 6.16. The molecule has 1 aromatic heterocycles. The number of hydrogen-bond acceptors (Lipinski definition) is 1. The van der Waals surface area contributed by atoms with Crippen molar-refractivity contribution in [2.24, 2.45) is 12.0 Å². The summed E-state index contributed by atoms with van der Waals surface area (Å²) in [6.07, 6.45) is 4.09. The Bertz CT molecular complexity index is 604. The molecule has 0 aliphatic carbocycles. The summed E-state index contributed by atoms with van der Waals surface area (Å²) in [6.45, 7) is 4.18. The van der Waals surface area contributed by atoms with E-state index >= 15 is 0 Å². The Morgan fingerprint density at radius 2 is 2.05 bits per heavy atom. The normalized spacial score (nSPS) is 11.5. The molecule has 0 amide bonds. The number of guanidine groups is 1. The van der Waals surface area contributed by atoms with Gasteiger partial charge >= 0.3 is 0 Å². The minimum Gasteiger partial charge on any atom is -0.357 e. The van der Waals surface area contributed by atoms with Gasteiger partial charge < -0.3 is 15.2 Å². The highest BCUT2D eigenvalue weighted by Gasteiger charge is 2.02. The van der Waals surface area contributed by atoms with Crippen LogP contribution >= 0.6 is 11.6 Å². The van der Waals surface area contributed by atoms with Crippen LogP contribution in [-0.2, 0) is 20.1 Å². The quantitative estimate of drug-likeness (QED) is 0.659. The summed E-state index contributed by atoms with van der Waals surface area (Å²) in [6, 6.07) is 9.89. The first kappa shape index (κ1) is 15.4. The Hall–Kier alpha value is -1.94. The van der Waals surface area contributed by atoms with Gasteiger partial charge in [-0.2, -0.15) is 0 Å². The highest BCUT2D eigenvalue weighted by molar-refractivity contribution is 6.31. The van der Waals surface area contributed by atoms with E-state index in [9.17, 15) is 0 Å². The van der Waals surface area contributed by atoms with Gasteiger partial charge in [0.05, 0.1) is 6.54 Å².